The second-order valence-electron chi connectivity index (χ2n) is 4.52. The summed E-state index contributed by atoms with van der Waals surface area (Å²) in [6.07, 6.45) is 0. The van der Waals surface area contributed by atoms with Crippen molar-refractivity contribution in [1.82, 2.24) is 10.3 Å². The molecule has 2 N–H and O–H groups in total. The average Bonchev–Trinajstić information content (AvgIpc) is 2.75. The first-order valence-corrected chi connectivity index (χ1v) is 6.17. The van der Waals surface area contributed by atoms with E-state index in [0.717, 1.165) is 22.7 Å². The van der Waals surface area contributed by atoms with Crippen molar-refractivity contribution < 1.29 is 9.53 Å². The van der Waals surface area contributed by atoms with Crippen molar-refractivity contribution in [2.45, 2.75) is 20.4 Å². The summed E-state index contributed by atoms with van der Waals surface area (Å²) in [7, 11) is 1.63. The molecule has 0 radical (unpaired) electrons. The van der Waals surface area contributed by atoms with Crippen LogP contribution < -0.4 is 10.1 Å². The van der Waals surface area contributed by atoms with Crippen LogP contribution in [-0.4, -0.2) is 18.0 Å². The number of hydrogen-bond acceptors (Lipinski definition) is 2. The van der Waals surface area contributed by atoms with Gasteiger partial charge >= 0.3 is 0 Å². The number of nitrogens with one attached hydrogen (secondary N) is 2. The lowest BCUT2D eigenvalue weighted by Crippen LogP contribution is -2.23. The Labute approximate surface area is 112 Å². The van der Waals surface area contributed by atoms with E-state index in [-0.39, 0.29) is 5.91 Å². The van der Waals surface area contributed by atoms with Crippen molar-refractivity contribution in [3.8, 4) is 5.75 Å². The third kappa shape index (κ3) is 3.16. The highest BCUT2D eigenvalue weighted by Crippen LogP contribution is 2.12. The predicted octanol–water partition coefficient (Wildman–Crippen LogP) is 2.57. The number of amides is 1. The third-order valence-electron chi connectivity index (χ3n) is 3.01. The normalized spacial score (nSPS) is 10.3. The molecule has 0 fully saturated rings. The highest BCUT2D eigenvalue weighted by atomic mass is 16.5. The van der Waals surface area contributed by atoms with Crippen LogP contribution in [0.5, 0.6) is 5.75 Å². The maximum absolute atomic E-state index is 12.0. The molecule has 4 nitrogen and oxygen atoms in total. The standard InChI is InChI=1S/C15H18N2O2/c1-10-8-14(11(2)17-10)15(18)16-9-12-4-6-13(19-3)7-5-12/h4-8,17H,9H2,1-3H3,(H,16,18). The van der Waals surface area contributed by atoms with Crippen LogP contribution in [0.25, 0.3) is 0 Å². The fourth-order valence-electron chi connectivity index (χ4n) is 1.98. The van der Waals surface area contributed by atoms with Crippen molar-refractivity contribution >= 4 is 5.91 Å². The van der Waals surface area contributed by atoms with Gasteiger partial charge in [0.15, 0.2) is 0 Å². The van der Waals surface area contributed by atoms with Gasteiger partial charge in [-0.25, -0.2) is 0 Å². The van der Waals surface area contributed by atoms with Crippen LogP contribution >= 0.6 is 0 Å². The summed E-state index contributed by atoms with van der Waals surface area (Å²) in [5.74, 6) is 0.754. The number of aromatic nitrogens is 1. The molecule has 1 amide bonds. The first-order valence-electron chi connectivity index (χ1n) is 6.17. The highest BCUT2D eigenvalue weighted by molar-refractivity contribution is 5.95. The van der Waals surface area contributed by atoms with Gasteiger partial charge in [-0.05, 0) is 37.6 Å². The van der Waals surface area contributed by atoms with Gasteiger partial charge in [-0.3, -0.25) is 4.79 Å². The first kappa shape index (κ1) is 13.2. The van der Waals surface area contributed by atoms with Crippen molar-refractivity contribution in [2.24, 2.45) is 0 Å². The maximum Gasteiger partial charge on any atom is 0.253 e. The van der Waals surface area contributed by atoms with Gasteiger partial charge in [-0.15, -0.1) is 0 Å². The number of hydrogen-bond donors (Lipinski definition) is 2. The third-order valence-corrected chi connectivity index (χ3v) is 3.01. The zero-order valence-corrected chi connectivity index (χ0v) is 11.4. The lowest BCUT2D eigenvalue weighted by Gasteiger charge is -2.06. The Morgan fingerprint density at radius 1 is 1.26 bits per heavy atom. The van der Waals surface area contributed by atoms with Gasteiger partial charge in [-0.2, -0.15) is 0 Å². The molecule has 0 saturated carbocycles. The Balaban J connectivity index is 1.98. The van der Waals surface area contributed by atoms with Gasteiger partial charge in [0.1, 0.15) is 5.75 Å². The lowest BCUT2D eigenvalue weighted by atomic mass is 10.2. The second kappa shape index (κ2) is 5.61. The monoisotopic (exact) mass is 258 g/mol. The van der Waals surface area contributed by atoms with Crippen molar-refractivity contribution in [1.29, 1.82) is 0 Å². The molecular weight excluding hydrogens is 240 g/mol. The van der Waals surface area contributed by atoms with Crippen LogP contribution in [0, 0.1) is 13.8 Å². The maximum atomic E-state index is 12.0. The molecule has 0 bridgehead atoms. The molecule has 1 aromatic carbocycles. The zero-order valence-electron chi connectivity index (χ0n) is 11.4. The number of benzene rings is 1. The van der Waals surface area contributed by atoms with Crippen molar-refractivity contribution in [3.05, 3.63) is 52.8 Å². The van der Waals surface area contributed by atoms with Crippen LogP contribution in [0.1, 0.15) is 27.3 Å². The Kier molecular flexibility index (Phi) is 3.90. The molecule has 0 aliphatic heterocycles. The van der Waals surface area contributed by atoms with Crippen LogP contribution in [-0.2, 0) is 6.54 Å². The molecule has 0 spiro atoms. The Hall–Kier alpha value is -2.23. The highest BCUT2D eigenvalue weighted by Gasteiger charge is 2.10. The van der Waals surface area contributed by atoms with E-state index in [1.807, 2.05) is 44.2 Å². The zero-order chi connectivity index (χ0) is 13.8. The van der Waals surface area contributed by atoms with Crippen molar-refractivity contribution in [3.63, 3.8) is 0 Å². The number of ether oxygens (including phenoxy) is 1. The molecule has 0 unspecified atom stereocenters. The van der Waals surface area contributed by atoms with Crippen LogP contribution in [0.3, 0.4) is 0 Å². The number of rotatable bonds is 4. The number of carbonyl (C=O) groups excluding carboxylic acids is 1. The number of carbonyl (C=O) groups is 1. The minimum Gasteiger partial charge on any atom is -0.497 e. The van der Waals surface area contributed by atoms with E-state index in [9.17, 15) is 4.79 Å². The van der Waals surface area contributed by atoms with E-state index in [4.69, 9.17) is 4.74 Å². The Morgan fingerprint density at radius 2 is 1.95 bits per heavy atom. The van der Waals surface area contributed by atoms with Crippen LogP contribution in [0.2, 0.25) is 0 Å². The number of aryl methyl sites for hydroxylation is 2. The fraction of sp³-hybridized carbons (Fsp3) is 0.267. The van der Waals surface area contributed by atoms with Gasteiger partial charge in [0, 0.05) is 17.9 Å². The fourth-order valence-corrected chi connectivity index (χ4v) is 1.98. The van der Waals surface area contributed by atoms with Gasteiger partial charge in [-0.1, -0.05) is 12.1 Å². The molecular formula is C15H18N2O2. The van der Waals surface area contributed by atoms with Crippen LogP contribution in [0.4, 0.5) is 0 Å². The summed E-state index contributed by atoms with van der Waals surface area (Å²) in [5, 5.41) is 2.91. The smallest absolute Gasteiger partial charge is 0.253 e. The lowest BCUT2D eigenvalue weighted by molar-refractivity contribution is 0.0950. The summed E-state index contributed by atoms with van der Waals surface area (Å²) >= 11 is 0. The van der Waals surface area contributed by atoms with E-state index in [0.29, 0.717) is 12.1 Å². The quantitative estimate of drug-likeness (QED) is 0.885. The molecule has 0 aliphatic rings. The van der Waals surface area contributed by atoms with Gasteiger partial charge in [0.25, 0.3) is 5.91 Å². The summed E-state index contributed by atoms with van der Waals surface area (Å²) < 4.78 is 5.09. The molecule has 1 aromatic heterocycles. The topological polar surface area (TPSA) is 54.1 Å². The molecule has 0 aliphatic carbocycles. The summed E-state index contributed by atoms with van der Waals surface area (Å²) in [5.41, 5.74) is 3.63. The van der Waals surface area contributed by atoms with E-state index in [1.165, 1.54) is 0 Å². The van der Waals surface area contributed by atoms with Crippen LogP contribution in [0.15, 0.2) is 30.3 Å². The van der Waals surface area contributed by atoms with Gasteiger partial charge < -0.3 is 15.0 Å². The summed E-state index contributed by atoms with van der Waals surface area (Å²) in [4.78, 5) is 15.1. The number of aromatic amines is 1. The summed E-state index contributed by atoms with van der Waals surface area (Å²) in [6.45, 7) is 4.34. The van der Waals surface area contributed by atoms with E-state index < -0.39 is 0 Å². The first-order chi connectivity index (χ1) is 9.10. The second-order valence-corrected chi connectivity index (χ2v) is 4.52. The minimum absolute atomic E-state index is 0.0577. The average molecular weight is 258 g/mol. The molecule has 2 rings (SSSR count). The molecule has 0 saturated heterocycles. The molecule has 19 heavy (non-hydrogen) atoms. The predicted molar refractivity (Wildman–Crippen MR) is 74.4 cm³/mol. The summed E-state index contributed by atoms with van der Waals surface area (Å²) in [6, 6.07) is 9.50. The number of H-pyrrole nitrogens is 1. The van der Waals surface area contributed by atoms with Crippen molar-refractivity contribution in [2.75, 3.05) is 7.11 Å². The Morgan fingerprint density at radius 3 is 2.47 bits per heavy atom. The largest absolute Gasteiger partial charge is 0.497 e. The van der Waals surface area contributed by atoms with Gasteiger partial charge in [0.05, 0.1) is 12.7 Å². The van der Waals surface area contributed by atoms with E-state index in [1.54, 1.807) is 7.11 Å². The molecule has 0 atom stereocenters. The SMILES string of the molecule is COc1ccc(CNC(=O)c2cc(C)[nH]c2C)cc1. The Bertz CT molecular complexity index is 570. The van der Waals surface area contributed by atoms with E-state index >= 15 is 0 Å². The van der Waals surface area contributed by atoms with E-state index in [2.05, 4.69) is 10.3 Å². The molecule has 1 heterocycles. The number of methoxy groups -OCH3 is 1. The molecule has 100 valence electrons. The molecule has 4 heteroatoms. The van der Waals surface area contributed by atoms with Gasteiger partial charge in [0.2, 0.25) is 0 Å². The minimum atomic E-state index is -0.0577. The molecule has 2 aromatic rings.